The molecule has 0 saturated heterocycles. The summed E-state index contributed by atoms with van der Waals surface area (Å²) in [7, 11) is 0. The Bertz CT molecular complexity index is 245. The van der Waals surface area contributed by atoms with E-state index in [0.29, 0.717) is 6.54 Å². The topological polar surface area (TPSA) is 58.0 Å². The highest BCUT2D eigenvalue weighted by Crippen LogP contribution is 2.31. The van der Waals surface area contributed by atoms with Crippen LogP contribution in [-0.2, 0) is 0 Å². The van der Waals surface area contributed by atoms with Gasteiger partial charge in [0.1, 0.15) is 6.33 Å². The lowest BCUT2D eigenvalue weighted by atomic mass is 9.80. The first-order valence-electron chi connectivity index (χ1n) is 4.01. The number of aliphatic hydroxyl groups is 1. The van der Waals surface area contributed by atoms with E-state index in [9.17, 15) is 5.11 Å². The van der Waals surface area contributed by atoms with Crippen molar-refractivity contribution in [1.29, 1.82) is 0 Å². The molecule has 1 heterocycles. The summed E-state index contributed by atoms with van der Waals surface area (Å²) in [5.41, 5.74) is -0.480. The third-order valence-electron chi connectivity index (χ3n) is 2.21. The zero-order chi connectivity index (χ0) is 8.44. The normalized spacial score (nSPS) is 20.1. The van der Waals surface area contributed by atoms with Gasteiger partial charge in [-0.25, -0.2) is 4.98 Å². The third kappa shape index (κ3) is 1.56. The molecule has 66 valence electrons. The molecule has 0 radical (unpaired) electrons. The molecule has 1 aliphatic carbocycles. The van der Waals surface area contributed by atoms with Gasteiger partial charge in [-0.1, -0.05) is 0 Å². The maximum absolute atomic E-state index is 9.70. The fourth-order valence-electron chi connectivity index (χ4n) is 1.25. The van der Waals surface area contributed by atoms with Crippen LogP contribution < -0.4 is 5.32 Å². The van der Waals surface area contributed by atoms with Gasteiger partial charge >= 0.3 is 0 Å². The molecule has 0 spiro atoms. The second-order valence-electron chi connectivity index (χ2n) is 3.18. The van der Waals surface area contributed by atoms with Gasteiger partial charge in [0, 0.05) is 18.1 Å². The molecule has 1 fully saturated rings. The quantitative estimate of drug-likeness (QED) is 0.733. The fraction of sp³-hybridized carbons (Fsp3) is 0.714. The van der Waals surface area contributed by atoms with E-state index in [0.717, 1.165) is 24.4 Å². The first kappa shape index (κ1) is 7.94. The van der Waals surface area contributed by atoms with Gasteiger partial charge < -0.3 is 10.4 Å². The zero-order valence-electron chi connectivity index (χ0n) is 6.66. The molecular weight excluding hydrogens is 174 g/mol. The Balaban J connectivity index is 1.82. The molecule has 5 heteroatoms. The van der Waals surface area contributed by atoms with Crippen LogP contribution in [0.4, 0.5) is 5.13 Å². The van der Waals surface area contributed by atoms with Crippen LogP contribution in [0.5, 0.6) is 0 Å². The van der Waals surface area contributed by atoms with Crippen LogP contribution in [-0.4, -0.2) is 26.6 Å². The Morgan fingerprint density at radius 1 is 1.67 bits per heavy atom. The minimum absolute atomic E-state index is 0.480. The van der Waals surface area contributed by atoms with Gasteiger partial charge in [0.15, 0.2) is 0 Å². The minimum atomic E-state index is -0.480. The van der Waals surface area contributed by atoms with Crippen LogP contribution >= 0.6 is 11.5 Å². The van der Waals surface area contributed by atoms with Gasteiger partial charge in [-0.15, -0.1) is 0 Å². The first-order valence-corrected chi connectivity index (χ1v) is 4.79. The third-order valence-corrected chi connectivity index (χ3v) is 2.84. The van der Waals surface area contributed by atoms with E-state index in [1.807, 2.05) is 0 Å². The number of nitrogens with one attached hydrogen (secondary N) is 1. The number of anilines is 1. The number of nitrogens with zero attached hydrogens (tertiary/aromatic N) is 2. The largest absolute Gasteiger partial charge is 0.388 e. The Labute approximate surface area is 74.8 Å². The molecule has 0 bridgehead atoms. The number of rotatable bonds is 3. The molecule has 0 aliphatic heterocycles. The summed E-state index contributed by atoms with van der Waals surface area (Å²) in [5.74, 6) is 0. The molecule has 4 nitrogen and oxygen atoms in total. The molecule has 0 amide bonds. The lowest BCUT2D eigenvalue weighted by molar-refractivity contribution is -0.0201. The van der Waals surface area contributed by atoms with E-state index in [2.05, 4.69) is 14.7 Å². The first-order chi connectivity index (χ1) is 5.79. The van der Waals surface area contributed by atoms with Gasteiger partial charge in [0.2, 0.25) is 5.13 Å². The predicted octanol–water partition coefficient (Wildman–Crippen LogP) is 0.865. The second kappa shape index (κ2) is 2.99. The smallest absolute Gasteiger partial charge is 0.202 e. The van der Waals surface area contributed by atoms with E-state index in [1.54, 1.807) is 0 Å². The monoisotopic (exact) mass is 185 g/mol. The van der Waals surface area contributed by atoms with Crippen LogP contribution in [0, 0.1) is 0 Å². The van der Waals surface area contributed by atoms with Crippen molar-refractivity contribution in [2.45, 2.75) is 24.9 Å². The molecule has 1 aromatic heterocycles. The van der Waals surface area contributed by atoms with Gasteiger partial charge in [-0.2, -0.15) is 4.37 Å². The Morgan fingerprint density at radius 2 is 2.50 bits per heavy atom. The van der Waals surface area contributed by atoms with Crippen molar-refractivity contribution in [1.82, 2.24) is 9.36 Å². The van der Waals surface area contributed by atoms with Gasteiger partial charge in [0.05, 0.1) is 5.60 Å². The molecule has 1 aliphatic rings. The number of hydrogen-bond donors (Lipinski definition) is 2. The van der Waals surface area contributed by atoms with Crippen LogP contribution in [0.2, 0.25) is 0 Å². The second-order valence-corrected chi connectivity index (χ2v) is 3.96. The van der Waals surface area contributed by atoms with Crippen molar-refractivity contribution < 1.29 is 5.11 Å². The molecule has 0 atom stereocenters. The molecule has 1 aromatic rings. The van der Waals surface area contributed by atoms with E-state index < -0.39 is 5.60 Å². The highest BCUT2D eigenvalue weighted by atomic mass is 32.1. The Hall–Kier alpha value is -0.680. The van der Waals surface area contributed by atoms with Crippen molar-refractivity contribution in [3.8, 4) is 0 Å². The molecule has 2 rings (SSSR count). The van der Waals surface area contributed by atoms with E-state index in [4.69, 9.17) is 0 Å². The fourth-order valence-corrected chi connectivity index (χ4v) is 1.68. The van der Waals surface area contributed by atoms with Gasteiger partial charge in [0.25, 0.3) is 0 Å². The lowest BCUT2D eigenvalue weighted by Gasteiger charge is -2.36. The lowest BCUT2D eigenvalue weighted by Crippen LogP contribution is -2.43. The molecule has 2 N–H and O–H groups in total. The highest BCUT2D eigenvalue weighted by molar-refractivity contribution is 7.09. The summed E-state index contributed by atoms with van der Waals surface area (Å²) < 4.78 is 3.85. The number of aromatic nitrogens is 2. The van der Waals surface area contributed by atoms with Crippen LogP contribution in [0.15, 0.2) is 6.33 Å². The van der Waals surface area contributed by atoms with Gasteiger partial charge in [-0.3, -0.25) is 0 Å². The summed E-state index contributed by atoms with van der Waals surface area (Å²) in [6, 6.07) is 0. The summed E-state index contributed by atoms with van der Waals surface area (Å²) >= 11 is 1.31. The molecular formula is C7H11N3OS. The maximum Gasteiger partial charge on any atom is 0.202 e. The summed E-state index contributed by atoms with van der Waals surface area (Å²) in [6.07, 6.45) is 4.45. The maximum atomic E-state index is 9.70. The molecule has 0 unspecified atom stereocenters. The van der Waals surface area contributed by atoms with Crippen LogP contribution in [0.3, 0.4) is 0 Å². The zero-order valence-corrected chi connectivity index (χ0v) is 7.47. The number of hydrogen-bond acceptors (Lipinski definition) is 5. The molecule has 1 saturated carbocycles. The van der Waals surface area contributed by atoms with E-state index in [-0.39, 0.29) is 0 Å². The van der Waals surface area contributed by atoms with Crippen molar-refractivity contribution >= 4 is 16.7 Å². The van der Waals surface area contributed by atoms with Crippen molar-refractivity contribution in [3.05, 3.63) is 6.33 Å². The average Bonchev–Trinajstić information content (AvgIpc) is 2.49. The highest BCUT2D eigenvalue weighted by Gasteiger charge is 2.34. The summed E-state index contributed by atoms with van der Waals surface area (Å²) in [4.78, 5) is 3.96. The van der Waals surface area contributed by atoms with E-state index in [1.165, 1.54) is 17.9 Å². The summed E-state index contributed by atoms with van der Waals surface area (Å²) in [6.45, 7) is 0.599. The van der Waals surface area contributed by atoms with Crippen molar-refractivity contribution in [2.75, 3.05) is 11.9 Å². The van der Waals surface area contributed by atoms with E-state index >= 15 is 0 Å². The van der Waals surface area contributed by atoms with Crippen molar-refractivity contribution in [3.63, 3.8) is 0 Å². The predicted molar refractivity (Wildman–Crippen MR) is 47.2 cm³/mol. The molecule has 0 aromatic carbocycles. The van der Waals surface area contributed by atoms with Crippen molar-refractivity contribution in [2.24, 2.45) is 0 Å². The standard InChI is InChI=1S/C7H11N3OS/c11-7(2-1-3-7)4-8-6-9-5-10-12-6/h5,11H,1-4H2,(H,8,9,10). The average molecular weight is 185 g/mol. The summed E-state index contributed by atoms with van der Waals surface area (Å²) in [5, 5.41) is 13.6. The van der Waals surface area contributed by atoms with Crippen LogP contribution in [0.1, 0.15) is 19.3 Å². The Kier molecular flexibility index (Phi) is 1.98. The minimum Gasteiger partial charge on any atom is -0.388 e. The van der Waals surface area contributed by atoms with Gasteiger partial charge in [-0.05, 0) is 19.3 Å². The Morgan fingerprint density at radius 3 is 3.00 bits per heavy atom. The van der Waals surface area contributed by atoms with Crippen LogP contribution in [0.25, 0.3) is 0 Å². The SMILES string of the molecule is OC1(CNc2ncns2)CCC1. The molecule has 12 heavy (non-hydrogen) atoms.